The summed E-state index contributed by atoms with van der Waals surface area (Å²) in [4.78, 5) is 11.9. The first-order valence-corrected chi connectivity index (χ1v) is 7.61. The summed E-state index contributed by atoms with van der Waals surface area (Å²) in [5.74, 6) is -0.209. The third-order valence-corrected chi connectivity index (χ3v) is 3.84. The number of amides is 1. The van der Waals surface area contributed by atoms with E-state index in [1.165, 1.54) is 12.1 Å². The van der Waals surface area contributed by atoms with Crippen LogP contribution in [0.25, 0.3) is 0 Å². The van der Waals surface area contributed by atoms with Crippen molar-refractivity contribution >= 4 is 28.9 Å². The van der Waals surface area contributed by atoms with Gasteiger partial charge in [0.1, 0.15) is 0 Å². The second-order valence-corrected chi connectivity index (χ2v) is 5.62. The highest BCUT2D eigenvalue weighted by Crippen LogP contribution is 2.29. The van der Waals surface area contributed by atoms with Crippen LogP contribution in [0.5, 0.6) is 0 Å². The average molecular weight is 357 g/mol. The van der Waals surface area contributed by atoms with Crippen LogP contribution in [0.3, 0.4) is 0 Å². The standard InChI is InChI=1S/C17H16ClF3N2O/c1-11-14(18)3-2-4-15(11)23-16(24)9-10-22-13-7-5-12(6-8-13)17(19,20)21/h2-8,22H,9-10H2,1H3,(H,23,24). The summed E-state index contributed by atoms with van der Waals surface area (Å²) in [6, 6.07) is 9.89. The molecule has 0 saturated carbocycles. The highest BCUT2D eigenvalue weighted by molar-refractivity contribution is 6.31. The first-order valence-electron chi connectivity index (χ1n) is 7.23. The molecule has 0 saturated heterocycles. The lowest BCUT2D eigenvalue weighted by molar-refractivity contribution is -0.137. The van der Waals surface area contributed by atoms with Crippen molar-refractivity contribution in [3.8, 4) is 0 Å². The van der Waals surface area contributed by atoms with Crippen LogP contribution in [0.2, 0.25) is 5.02 Å². The topological polar surface area (TPSA) is 41.1 Å². The van der Waals surface area contributed by atoms with Crippen molar-refractivity contribution in [1.29, 1.82) is 0 Å². The fraction of sp³-hybridized carbons (Fsp3) is 0.235. The molecule has 0 spiro atoms. The van der Waals surface area contributed by atoms with E-state index in [0.717, 1.165) is 17.7 Å². The zero-order valence-electron chi connectivity index (χ0n) is 12.9. The van der Waals surface area contributed by atoms with Crippen molar-refractivity contribution < 1.29 is 18.0 Å². The van der Waals surface area contributed by atoms with E-state index in [9.17, 15) is 18.0 Å². The predicted octanol–water partition coefficient (Wildman–Crippen LogP) is 5.11. The summed E-state index contributed by atoms with van der Waals surface area (Å²) in [6.07, 6.45) is -4.18. The van der Waals surface area contributed by atoms with Crippen molar-refractivity contribution in [2.75, 3.05) is 17.2 Å². The molecular weight excluding hydrogens is 341 g/mol. The molecule has 0 aliphatic rings. The van der Waals surface area contributed by atoms with Gasteiger partial charge >= 0.3 is 6.18 Å². The van der Waals surface area contributed by atoms with Gasteiger partial charge in [0.05, 0.1) is 5.56 Å². The van der Waals surface area contributed by atoms with Crippen molar-refractivity contribution in [3.05, 3.63) is 58.6 Å². The van der Waals surface area contributed by atoms with Crippen molar-refractivity contribution in [2.24, 2.45) is 0 Å². The molecule has 7 heteroatoms. The fourth-order valence-electron chi connectivity index (χ4n) is 2.05. The summed E-state index contributed by atoms with van der Waals surface area (Å²) in [5.41, 5.74) is 1.24. The molecule has 0 radical (unpaired) electrons. The Kier molecular flexibility index (Phi) is 5.72. The predicted molar refractivity (Wildman–Crippen MR) is 89.4 cm³/mol. The van der Waals surface area contributed by atoms with E-state index in [4.69, 9.17) is 11.6 Å². The molecule has 2 aromatic rings. The number of carbonyl (C=O) groups is 1. The van der Waals surface area contributed by atoms with Gasteiger partial charge in [0.25, 0.3) is 0 Å². The largest absolute Gasteiger partial charge is 0.416 e. The summed E-state index contributed by atoms with van der Waals surface area (Å²) in [6.45, 7) is 2.11. The Morgan fingerprint density at radius 2 is 1.79 bits per heavy atom. The molecular formula is C17H16ClF3N2O. The normalized spacial score (nSPS) is 11.2. The molecule has 1 amide bonds. The van der Waals surface area contributed by atoms with Gasteiger partial charge in [0.2, 0.25) is 5.91 Å². The van der Waals surface area contributed by atoms with Gasteiger partial charge in [-0.3, -0.25) is 4.79 Å². The highest BCUT2D eigenvalue weighted by atomic mass is 35.5. The minimum absolute atomic E-state index is 0.174. The number of nitrogens with one attached hydrogen (secondary N) is 2. The molecule has 2 rings (SSSR count). The molecule has 0 aliphatic carbocycles. The van der Waals surface area contributed by atoms with Crippen LogP contribution >= 0.6 is 11.6 Å². The number of anilines is 2. The Bertz CT molecular complexity index is 715. The van der Waals surface area contributed by atoms with E-state index in [-0.39, 0.29) is 12.3 Å². The van der Waals surface area contributed by atoms with Crippen LogP contribution in [-0.4, -0.2) is 12.5 Å². The van der Waals surface area contributed by atoms with Crippen LogP contribution in [0.1, 0.15) is 17.5 Å². The van der Waals surface area contributed by atoms with E-state index in [0.29, 0.717) is 22.9 Å². The maximum absolute atomic E-state index is 12.5. The SMILES string of the molecule is Cc1c(Cl)cccc1NC(=O)CCNc1ccc(C(F)(F)F)cc1. The molecule has 0 fully saturated rings. The molecule has 2 N–H and O–H groups in total. The first-order chi connectivity index (χ1) is 11.3. The monoisotopic (exact) mass is 356 g/mol. The minimum Gasteiger partial charge on any atom is -0.385 e. The van der Waals surface area contributed by atoms with Crippen LogP contribution in [0.4, 0.5) is 24.5 Å². The number of benzene rings is 2. The number of alkyl halides is 3. The van der Waals surface area contributed by atoms with Gasteiger partial charge in [-0.15, -0.1) is 0 Å². The van der Waals surface area contributed by atoms with Crippen LogP contribution < -0.4 is 10.6 Å². The maximum Gasteiger partial charge on any atom is 0.416 e. The lowest BCUT2D eigenvalue weighted by Gasteiger charge is -2.11. The molecule has 0 atom stereocenters. The van der Waals surface area contributed by atoms with Crippen molar-refractivity contribution in [1.82, 2.24) is 0 Å². The minimum atomic E-state index is -4.35. The van der Waals surface area contributed by atoms with E-state index in [2.05, 4.69) is 10.6 Å². The van der Waals surface area contributed by atoms with Crippen molar-refractivity contribution in [2.45, 2.75) is 19.5 Å². The third kappa shape index (κ3) is 4.89. The zero-order chi connectivity index (χ0) is 17.7. The molecule has 0 heterocycles. The number of rotatable bonds is 5. The van der Waals surface area contributed by atoms with Gasteiger partial charge in [-0.1, -0.05) is 17.7 Å². The van der Waals surface area contributed by atoms with Gasteiger partial charge < -0.3 is 10.6 Å². The molecule has 0 aromatic heterocycles. The Balaban J connectivity index is 1.83. The highest BCUT2D eigenvalue weighted by Gasteiger charge is 2.29. The quantitative estimate of drug-likeness (QED) is 0.781. The Morgan fingerprint density at radius 1 is 1.12 bits per heavy atom. The lowest BCUT2D eigenvalue weighted by atomic mass is 10.2. The van der Waals surface area contributed by atoms with Crippen LogP contribution in [0.15, 0.2) is 42.5 Å². The molecule has 2 aromatic carbocycles. The second kappa shape index (κ2) is 7.57. The summed E-state index contributed by atoms with van der Waals surface area (Å²) in [7, 11) is 0. The Hall–Kier alpha value is -2.21. The number of hydrogen-bond donors (Lipinski definition) is 2. The average Bonchev–Trinajstić information content (AvgIpc) is 2.51. The maximum atomic E-state index is 12.5. The van der Waals surface area contributed by atoms with Gasteiger partial charge in [-0.25, -0.2) is 0 Å². The lowest BCUT2D eigenvalue weighted by Crippen LogP contribution is -2.17. The van der Waals surface area contributed by atoms with Crippen LogP contribution in [0, 0.1) is 6.92 Å². The summed E-state index contributed by atoms with van der Waals surface area (Å²) >= 11 is 5.98. The molecule has 0 bridgehead atoms. The first kappa shape index (κ1) is 18.1. The molecule has 128 valence electrons. The summed E-state index contributed by atoms with van der Waals surface area (Å²) in [5, 5.41) is 6.23. The van der Waals surface area contributed by atoms with Gasteiger partial charge in [-0.2, -0.15) is 13.2 Å². The molecule has 0 aliphatic heterocycles. The zero-order valence-corrected chi connectivity index (χ0v) is 13.6. The molecule has 0 unspecified atom stereocenters. The number of halogens is 4. The Labute approximate surface area is 142 Å². The van der Waals surface area contributed by atoms with E-state index in [1.807, 2.05) is 0 Å². The number of carbonyl (C=O) groups excluding carboxylic acids is 1. The molecule has 3 nitrogen and oxygen atoms in total. The fourth-order valence-corrected chi connectivity index (χ4v) is 2.23. The van der Waals surface area contributed by atoms with Crippen molar-refractivity contribution in [3.63, 3.8) is 0 Å². The van der Waals surface area contributed by atoms with Gasteiger partial charge in [0, 0.05) is 29.4 Å². The smallest absolute Gasteiger partial charge is 0.385 e. The van der Waals surface area contributed by atoms with E-state index in [1.54, 1.807) is 25.1 Å². The molecule has 24 heavy (non-hydrogen) atoms. The van der Waals surface area contributed by atoms with Gasteiger partial charge in [0.15, 0.2) is 0 Å². The van der Waals surface area contributed by atoms with E-state index < -0.39 is 11.7 Å². The summed E-state index contributed by atoms with van der Waals surface area (Å²) < 4.78 is 37.4. The van der Waals surface area contributed by atoms with Crippen LogP contribution in [-0.2, 0) is 11.0 Å². The number of hydrogen-bond acceptors (Lipinski definition) is 2. The Morgan fingerprint density at radius 3 is 2.42 bits per heavy atom. The van der Waals surface area contributed by atoms with Gasteiger partial charge in [-0.05, 0) is 48.9 Å². The van der Waals surface area contributed by atoms with E-state index >= 15 is 0 Å². The second-order valence-electron chi connectivity index (χ2n) is 5.21. The third-order valence-electron chi connectivity index (χ3n) is 3.44.